The van der Waals surface area contributed by atoms with Gasteiger partial charge in [-0.2, -0.15) is 4.98 Å². The monoisotopic (exact) mass is 223 g/mol. The van der Waals surface area contributed by atoms with Gasteiger partial charge in [-0.1, -0.05) is 38.3 Å². The van der Waals surface area contributed by atoms with Crippen LogP contribution in [0.25, 0.3) is 0 Å². The summed E-state index contributed by atoms with van der Waals surface area (Å²) in [6.07, 6.45) is 6.29. The molecule has 1 heterocycles. The maximum absolute atomic E-state index is 6.19. The van der Waals surface area contributed by atoms with Crippen LogP contribution in [0.1, 0.15) is 69.6 Å². The minimum Gasteiger partial charge on any atom is -0.338 e. The van der Waals surface area contributed by atoms with Gasteiger partial charge in [0.15, 0.2) is 5.82 Å². The number of nitrogens with zero attached hydrogens (tertiary/aromatic N) is 2. The fourth-order valence-electron chi connectivity index (χ4n) is 2.31. The lowest BCUT2D eigenvalue weighted by molar-refractivity contribution is 0.255. The van der Waals surface area contributed by atoms with Crippen LogP contribution < -0.4 is 5.73 Å². The average molecular weight is 223 g/mol. The summed E-state index contributed by atoms with van der Waals surface area (Å²) in [5.74, 6) is 2.21. The molecule has 4 nitrogen and oxygen atoms in total. The first-order chi connectivity index (χ1) is 7.68. The van der Waals surface area contributed by atoms with Crippen molar-refractivity contribution in [2.75, 3.05) is 0 Å². The molecule has 1 atom stereocenters. The zero-order chi connectivity index (χ0) is 11.5. The third-order valence-electron chi connectivity index (χ3n) is 3.42. The van der Waals surface area contributed by atoms with E-state index in [1.807, 2.05) is 0 Å². The van der Waals surface area contributed by atoms with Gasteiger partial charge < -0.3 is 10.3 Å². The van der Waals surface area contributed by atoms with E-state index in [1.54, 1.807) is 0 Å². The zero-order valence-electron chi connectivity index (χ0n) is 10.1. The SMILES string of the molecule is CC(C)c1noc(C(N)C2CCCCC2)n1. The Bertz CT molecular complexity index is 329. The molecule has 0 spiro atoms. The molecule has 2 rings (SSSR count). The first-order valence-corrected chi connectivity index (χ1v) is 6.27. The molecule has 0 aromatic carbocycles. The van der Waals surface area contributed by atoms with E-state index in [9.17, 15) is 0 Å². The van der Waals surface area contributed by atoms with Crippen LogP contribution in [-0.2, 0) is 0 Å². The summed E-state index contributed by atoms with van der Waals surface area (Å²) in [6, 6.07) is -0.0692. The van der Waals surface area contributed by atoms with Gasteiger partial charge >= 0.3 is 0 Å². The van der Waals surface area contributed by atoms with E-state index >= 15 is 0 Å². The number of hydrogen-bond acceptors (Lipinski definition) is 4. The highest BCUT2D eigenvalue weighted by molar-refractivity contribution is 4.97. The molecule has 0 saturated heterocycles. The summed E-state index contributed by atoms with van der Waals surface area (Å²) in [5, 5.41) is 3.97. The highest BCUT2D eigenvalue weighted by Gasteiger charge is 2.26. The second-order valence-electron chi connectivity index (χ2n) is 5.07. The van der Waals surface area contributed by atoms with Gasteiger partial charge in [0.25, 0.3) is 0 Å². The number of hydrogen-bond donors (Lipinski definition) is 1. The van der Waals surface area contributed by atoms with Crippen molar-refractivity contribution in [1.82, 2.24) is 10.1 Å². The first kappa shape index (κ1) is 11.6. The standard InChI is InChI=1S/C12H21N3O/c1-8(2)11-14-12(16-15-11)10(13)9-6-4-3-5-7-9/h8-10H,3-7,13H2,1-2H3. The molecule has 1 fully saturated rings. The van der Waals surface area contributed by atoms with Crippen LogP contribution in [0.3, 0.4) is 0 Å². The van der Waals surface area contributed by atoms with E-state index in [4.69, 9.17) is 10.3 Å². The third-order valence-corrected chi connectivity index (χ3v) is 3.42. The first-order valence-electron chi connectivity index (χ1n) is 6.27. The van der Waals surface area contributed by atoms with Gasteiger partial charge in [0.2, 0.25) is 5.89 Å². The van der Waals surface area contributed by atoms with E-state index in [1.165, 1.54) is 32.1 Å². The van der Waals surface area contributed by atoms with Crippen LogP contribution in [0.15, 0.2) is 4.52 Å². The summed E-state index contributed by atoms with van der Waals surface area (Å²) < 4.78 is 5.25. The van der Waals surface area contributed by atoms with Gasteiger partial charge in [0.05, 0.1) is 6.04 Å². The molecule has 0 amide bonds. The predicted octanol–water partition coefficient (Wildman–Crippen LogP) is 2.77. The van der Waals surface area contributed by atoms with E-state index in [2.05, 4.69) is 24.0 Å². The summed E-state index contributed by atoms with van der Waals surface area (Å²) in [6.45, 7) is 4.11. The third kappa shape index (κ3) is 2.43. The molecule has 90 valence electrons. The Balaban J connectivity index is 2.04. The molecule has 4 heteroatoms. The second-order valence-corrected chi connectivity index (χ2v) is 5.07. The minimum absolute atomic E-state index is 0.0692. The number of nitrogens with two attached hydrogens (primary N) is 1. The Morgan fingerprint density at radius 1 is 1.25 bits per heavy atom. The van der Waals surface area contributed by atoms with Crippen molar-refractivity contribution in [2.45, 2.75) is 57.9 Å². The van der Waals surface area contributed by atoms with Crippen molar-refractivity contribution in [1.29, 1.82) is 0 Å². The molecular formula is C12H21N3O. The fraction of sp³-hybridized carbons (Fsp3) is 0.833. The van der Waals surface area contributed by atoms with Gasteiger partial charge in [0, 0.05) is 5.92 Å². The Morgan fingerprint density at radius 2 is 1.94 bits per heavy atom. The van der Waals surface area contributed by atoms with Crippen LogP contribution in [0.5, 0.6) is 0 Å². The zero-order valence-corrected chi connectivity index (χ0v) is 10.1. The van der Waals surface area contributed by atoms with Crippen LogP contribution in [0, 0.1) is 5.92 Å². The lowest BCUT2D eigenvalue weighted by Crippen LogP contribution is -2.23. The molecule has 1 aromatic heterocycles. The Kier molecular flexibility index (Phi) is 3.59. The quantitative estimate of drug-likeness (QED) is 0.855. The summed E-state index contributed by atoms with van der Waals surface area (Å²) in [5.41, 5.74) is 6.19. The summed E-state index contributed by atoms with van der Waals surface area (Å²) >= 11 is 0. The average Bonchev–Trinajstić information content (AvgIpc) is 2.78. The number of rotatable bonds is 3. The molecule has 1 saturated carbocycles. The van der Waals surface area contributed by atoms with Crippen molar-refractivity contribution in [3.05, 3.63) is 11.7 Å². The predicted molar refractivity (Wildman–Crippen MR) is 61.9 cm³/mol. The molecule has 1 aliphatic rings. The molecule has 2 N–H and O–H groups in total. The van der Waals surface area contributed by atoms with Crippen molar-refractivity contribution >= 4 is 0 Å². The molecule has 0 bridgehead atoms. The van der Waals surface area contributed by atoms with Crippen molar-refractivity contribution in [2.24, 2.45) is 11.7 Å². The lowest BCUT2D eigenvalue weighted by Gasteiger charge is -2.24. The molecule has 0 aliphatic heterocycles. The van der Waals surface area contributed by atoms with Gasteiger partial charge in [-0.15, -0.1) is 0 Å². The van der Waals surface area contributed by atoms with Crippen LogP contribution in [0.4, 0.5) is 0 Å². The summed E-state index contributed by atoms with van der Waals surface area (Å²) in [4.78, 5) is 4.38. The molecular weight excluding hydrogens is 202 g/mol. The van der Waals surface area contributed by atoms with E-state index < -0.39 is 0 Å². The molecule has 1 aliphatic carbocycles. The van der Waals surface area contributed by atoms with E-state index in [0.29, 0.717) is 17.7 Å². The van der Waals surface area contributed by atoms with Gasteiger partial charge in [-0.05, 0) is 18.8 Å². The lowest BCUT2D eigenvalue weighted by atomic mass is 9.84. The highest BCUT2D eigenvalue weighted by atomic mass is 16.5. The summed E-state index contributed by atoms with van der Waals surface area (Å²) in [7, 11) is 0. The van der Waals surface area contributed by atoms with E-state index in [0.717, 1.165) is 5.82 Å². The highest BCUT2D eigenvalue weighted by Crippen LogP contribution is 2.32. The van der Waals surface area contributed by atoms with Crippen LogP contribution in [-0.4, -0.2) is 10.1 Å². The molecule has 1 unspecified atom stereocenters. The molecule has 16 heavy (non-hydrogen) atoms. The van der Waals surface area contributed by atoms with Crippen molar-refractivity contribution in [3.8, 4) is 0 Å². The topological polar surface area (TPSA) is 64.9 Å². The Labute approximate surface area is 96.6 Å². The maximum atomic E-state index is 6.19. The van der Waals surface area contributed by atoms with Gasteiger partial charge in [-0.3, -0.25) is 0 Å². The number of aromatic nitrogens is 2. The minimum atomic E-state index is -0.0692. The molecule has 0 radical (unpaired) electrons. The Hall–Kier alpha value is -0.900. The Morgan fingerprint density at radius 3 is 2.50 bits per heavy atom. The van der Waals surface area contributed by atoms with Gasteiger partial charge in [-0.25, -0.2) is 0 Å². The van der Waals surface area contributed by atoms with Crippen LogP contribution in [0.2, 0.25) is 0 Å². The molecule has 1 aromatic rings. The fourth-order valence-corrected chi connectivity index (χ4v) is 2.31. The second kappa shape index (κ2) is 4.95. The smallest absolute Gasteiger partial charge is 0.243 e. The largest absolute Gasteiger partial charge is 0.338 e. The maximum Gasteiger partial charge on any atom is 0.243 e. The van der Waals surface area contributed by atoms with Crippen molar-refractivity contribution in [3.63, 3.8) is 0 Å². The normalized spacial score (nSPS) is 20.2. The van der Waals surface area contributed by atoms with Crippen LogP contribution >= 0.6 is 0 Å². The van der Waals surface area contributed by atoms with Gasteiger partial charge in [0.1, 0.15) is 0 Å². The van der Waals surface area contributed by atoms with Crippen molar-refractivity contribution < 1.29 is 4.52 Å². The van der Waals surface area contributed by atoms with E-state index in [-0.39, 0.29) is 6.04 Å².